The molecule has 0 N–H and O–H groups in total. The molecule has 0 aliphatic rings. The van der Waals surface area contributed by atoms with Crippen LogP contribution < -0.4 is 0 Å². The molecule has 0 amide bonds. The van der Waals surface area contributed by atoms with Crippen LogP contribution in [0.25, 0.3) is 0 Å². The normalized spacial score (nSPS) is 9.25. The van der Waals surface area contributed by atoms with Crippen LogP contribution in [0.1, 0.15) is 0 Å². The van der Waals surface area contributed by atoms with E-state index >= 15 is 0 Å². The fraction of sp³-hybridized carbons (Fsp3) is 0. The average Bonchev–Trinajstić information content (AvgIpc) is 2.17. The summed E-state index contributed by atoms with van der Waals surface area (Å²) in [7, 11) is 0. The van der Waals surface area contributed by atoms with Gasteiger partial charge in [-0.1, -0.05) is 12.1 Å². The fourth-order valence-electron chi connectivity index (χ4n) is 0.767. The van der Waals surface area contributed by atoms with Gasteiger partial charge in [-0.3, -0.25) is 0 Å². The largest absolute Gasteiger partial charge is 0.234 e. The van der Waals surface area contributed by atoms with Crippen molar-refractivity contribution in [1.82, 2.24) is 9.97 Å². The third-order valence-corrected chi connectivity index (χ3v) is 2.69. The summed E-state index contributed by atoms with van der Waals surface area (Å²) in [5.74, 6) is -0.459. The molecule has 0 bridgehead atoms. The molecule has 2 aromatic heterocycles. The highest BCUT2D eigenvalue weighted by molar-refractivity contribution is 9.11. The second-order valence-electron chi connectivity index (χ2n) is 2.57. The predicted octanol–water partition coefficient (Wildman–Crippen LogP) is 4.59. The molecule has 2 rings (SSSR count). The van der Waals surface area contributed by atoms with Crippen molar-refractivity contribution in [3.8, 4) is 0 Å². The minimum absolute atomic E-state index is 0.459. The highest BCUT2D eigenvalue weighted by Gasteiger charge is 1.88. The smallest absolute Gasteiger partial charge is 0.213 e. The van der Waals surface area contributed by atoms with Crippen molar-refractivity contribution >= 4 is 47.8 Å². The number of rotatable bonds is 0. The van der Waals surface area contributed by atoms with E-state index in [9.17, 15) is 4.39 Å². The minimum Gasteiger partial charge on any atom is -0.234 e. The van der Waals surface area contributed by atoms with Gasteiger partial charge < -0.3 is 0 Å². The third kappa shape index (κ3) is 5.67. The van der Waals surface area contributed by atoms with Gasteiger partial charge in [0.25, 0.3) is 0 Å². The van der Waals surface area contributed by atoms with E-state index in [1.165, 1.54) is 6.07 Å². The molecule has 2 heterocycles. The molecular weight excluding hydrogens is 406 g/mol. The number of nitrogens with zero attached hydrogens (tertiary/aromatic N) is 2. The summed E-state index contributed by atoms with van der Waals surface area (Å²) in [6.07, 6.45) is 0. The zero-order chi connectivity index (χ0) is 12.0. The number of hydrogen-bond donors (Lipinski definition) is 0. The Bertz CT molecular complexity index is 387. The zero-order valence-electron chi connectivity index (χ0n) is 7.87. The summed E-state index contributed by atoms with van der Waals surface area (Å²) in [6, 6.07) is 10.2. The quantitative estimate of drug-likeness (QED) is 0.592. The Kier molecular flexibility index (Phi) is 6.08. The van der Waals surface area contributed by atoms with E-state index in [1.54, 1.807) is 12.1 Å². The van der Waals surface area contributed by atoms with Crippen LogP contribution in [0.4, 0.5) is 4.39 Å². The van der Waals surface area contributed by atoms with Gasteiger partial charge in [-0.05, 0) is 72.1 Å². The van der Waals surface area contributed by atoms with Crippen LogP contribution in [0.5, 0.6) is 0 Å². The lowest BCUT2D eigenvalue weighted by atomic mass is 10.5. The highest BCUT2D eigenvalue weighted by Crippen LogP contribution is 2.10. The Balaban J connectivity index is 0.000000160. The molecule has 0 saturated heterocycles. The SMILES string of the molecule is Brc1cccc(Br)n1.[18F]c1cccc(Br)n1. The van der Waals surface area contributed by atoms with Gasteiger partial charge in [-0.25, -0.2) is 9.97 Å². The van der Waals surface area contributed by atoms with Gasteiger partial charge in [0.05, 0.1) is 0 Å². The molecule has 0 aliphatic heterocycles. The molecule has 0 fully saturated rings. The fourth-order valence-corrected chi connectivity index (χ4v) is 2.01. The van der Waals surface area contributed by atoms with Crippen molar-refractivity contribution in [2.24, 2.45) is 0 Å². The number of halogens is 4. The molecule has 84 valence electrons. The molecule has 6 heteroatoms. The molecule has 0 aliphatic carbocycles. The minimum atomic E-state index is -0.459. The van der Waals surface area contributed by atoms with E-state index in [1.807, 2.05) is 18.2 Å². The average molecular weight is 412 g/mol. The Morgan fingerprint density at radius 1 is 0.750 bits per heavy atom. The number of pyridine rings is 2. The number of hydrogen-bond acceptors (Lipinski definition) is 2. The first-order valence-electron chi connectivity index (χ1n) is 4.14. The Hall–Kier alpha value is -0.330. The van der Waals surface area contributed by atoms with E-state index in [-0.39, 0.29) is 0 Å². The van der Waals surface area contributed by atoms with E-state index in [2.05, 4.69) is 57.8 Å². The van der Waals surface area contributed by atoms with Gasteiger partial charge in [-0.2, -0.15) is 4.39 Å². The molecule has 0 unspecified atom stereocenters. The summed E-state index contributed by atoms with van der Waals surface area (Å²) < 4.78 is 14.3. The van der Waals surface area contributed by atoms with Gasteiger partial charge in [0.2, 0.25) is 5.95 Å². The Morgan fingerprint density at radius 3 is 1.44 bits per heavy atom. The summed E-state index contributed by atoms with van der Waals surface area (Å²) in [5.41, 5.74) is 0. The summed E-state index contributed by atoms with van der Waals surface area (Å²) in [5, 5.41) is 0. The first-order valence-corrected chi connectivity index (χ1v) is 6.52. The maximum atomic E-state index is 12.0. The lowest BCUT2D eigenvalue weighted by molar-refractivity contribution is 0.581. The summed E-state index contributed by atoms with van der Waals surface area (Å²) in [6.45, 7) is 0. The first kappa shape index (κ1) is 13.7. The van der Waals surface area contributed by atoms with Gasteiger partial charge in [0.1, 0.15) is 13.8 Å². The maximum Gasteiger partial charge on any atom is 0.213 e. The molecule has 2 aromatic rings. The lowest BCUT2D eigenvalue weighted by Crippen LogP contribution is -1.78. The van der Waals surface area contributed by atoms with Crippen LogP contribution in [-0.4, -0.2) is 9.97 Å². The van der Waals surface area contributed by atoms with Crippen LogP contribution in [-0.2, 0) is 0 Å². The molecule has 0 saturated carbocycles. The van der Waals surface area contributed by atoms with E-state index in [4.69, 9.17) is 0 Å². The van der Waals surface area contributed by atoms with Crippen molar-refractivity contribution in [2.75, 3.05) is 0 Å². The van der Waals surface area contributed by atoms with Crippen molar-refractivity contribution < 1.29 is 4.39 Å². The van der Waals surface area contributed by atoms with Crippen molar-refractivity contribution in [3.05, 3.63) is 56.2 Å². The second kappa shape index (κ2) is 7.09. The van der Waals surface area contributed by atoms with Crippen molar-refractivity contribution in [2.45, 2.75) is 0 Å². The summed E-state index contributed by atoms with van der Waals surface area (Å²) >= 11 is 9.45. The topological polar surface area (TPSA) is 25.8 Å². The number of aromatic nitrogens is 2. The Labute approximate surface area is 118 Å². The molecule has 0 spiro atoms. The predicted molar refractivity (Wildman–Crippen MR) is 71.5 cm³/mol. The van der Waals surface area contributed by atoms with Crippen LogP contribution in [0.15, 0.2) is 50.2 Å². The van der Waals surface area contributed by atoms with Crippen LogP contribution in [0.2, 0.25) is 0 Å². The van der Waals surface area contributed by atoms with E-state index in [0.717, 1.165) is 9.21 Å². The van der Waals surface area contributed by atoms with Crippen LogP contribution in [0.3, 0.4) is 0 Å². The molecule has 0 aromatic carbocycles. The van der Waals surface area contributed by atoms with Crippen LogP contribution in [0, 0.1) is 5.95 Å². The van der Waals surface area contributed by atoms with Gasteiger partial charge >= 0.3 is 0 Å². The summed E-state index contributed by atoms with van der Waals surface area (Å²) in [4.78, 5) is 7.43. The highest BCUT2D eigenvalue weighted by atomic mass is 79.9. The van der Waals surface area contributed by atoms with Crippen LogP contribution >= 0.6 is 47.8 Å². The van der Waals surface area contributed by atoms with Gasteiger partial charge in [-0.15, -0.1) is 0 Å². The van der Waals surface area contributed by atoms with E-state index < -0.39 is 5.95 Å². The lowest BCUT2D eigenvalue weighted by Gasteiger charge is -1.86. The van der Waals surface area contributed by atoms with Crippen molar-refractivity contribution in [3.63, 3.8) is 0 Å². The third-order valence-electron chi connectivity index (χ3n) is 1.36. The van der Waals surface area contributed by atoms with Gasteiger partial charge in [0, 0.05) is 0 Å². The molecule has 0 atom stereocenters. The second-order valence-corrected chi connectivity index (χ2v) is 5.00. The van der Waals surface area contributed by atoms with E-state index in [0.29, 0.717) is 4.60 Å². The Morgan fingerprint density at radius 2 is 1.19 bits per heavy atom. The maximum absolute atomic E-state index is 12.0. The standard InChI is InChI=1S/C5H3Br2N.C5H3BrFN/c2*6-4-2-1-3-5(7)8-4/h2*1-3H/i;7-1. The molecule has 2 nitrogen and oxygen atoms in total. The molecular formula is C10H6Br3FN2. The first-order chi connectivity index (χ1) is 7.58. The van der Waals surface area contributed by atoms with Gasteiger partial charge in [0.15, 0.2) is 0 Å². The molecule has 0 radical (unpaired) electrons. The monoisotopic (exact) mass is 409 g/mol. The van der Waals surface area contributed by atoms with Crippen molar-refractivity contribution in [1.29, 1.82) is 0 Å². The zero-order valence-corrected chi connectivity index (χ0v) is 12.6. The molecule has 16 heavy (non-hydrogen) atoms.